The fraction of sp³-hybridized carbons (Fsp3) is 0.333. The number of hydrogen-bond acceptors (Lipinski definition) is 4. The zero-order valence-corrected chi connectivity index (χ0v) is 13.8. The molecule has 2 atom stereocenters. The topological polar surface area (TPSA) is 63.7 Å². The van der Waals surface area contributed by atoms with Gasteiger partial charge in [-0.05, 0) is 50.2 Å². The summed E-state index contributed by atoms with van der Waals surface area (Å²) in [5, 5.41) is 2.91. The number of amides is 2. The molecule has 0 bridgehead atoms. The Labute approximate surface area is 141 Å². The minimum atomic E-state index is -0.111. The van der Waals surface area contributed by atoms with Crippen LogP contribution in [0.4, 0.5) is 10.5 Å². The van der Waals surface area contributed by atoms with Crippen molar-refractivity contribution in [2.45, 2.75) is 26.1 Å². The molecule has 2 amide bonds. The maximum absolute atomic E-state index is 12.4. The third kappa shape index (κ3) is 4.23. The normalized spacial score (nSPS) is 20.5. The fourth-order valence-corrected chi connectivity index (χ4v) is 2.69. The second-order valence-electron chi connectivity index (χ2n) is 5.90. The molecule has 2 aromatic rings. The van der Waals surface area contributed by atoms with E-state index in [0.717, 1.165) is 11.4 Å². The molecule has 1 aromatic carbocycles. The van der Waals surface area contributed by atoms with E-state index in [2.05, 4.69) is 10.3 Å². The zero-order chi connectivity index (χ0) is 16.9. The van der Waals surface area contributed by atoms with E-state index in [-0.39, 0.29) is 18.2 Å². The van der Waals surface area contributed by atoms with Crippen LogP contribution in [0.15, 0.2) is 48.8 Å². The molecule has 6 nitrogen and oxygen atoms in total. The molecule has 126 valence electrons. The number of nitrogens with zero attached hydrogens (tertiary/aromatic N) is 2. The summed E-state index contributed by atoms with van der Waals surface area (Å²) in [6.07, 6.45) is 3.45. The van der Waals surface area contributed by atoms with Gasteiger partial charge in [0.05, 0.1) is 12.2 Å². The summed E-state index contributed by atoms with van der Waals surface area (Å²) < 4.78 is 11.3. The van der Waals surface area contributed by atoms with Gasteiger partial charge in [-0.2, -0.15) is 0 Å². The van der Waals surface area contributed by atoms with Crippen LogP contribution in [0.5, 0.6) is 11.5 Å². The summed E-state index contributed by atoms with van der Waals surface area (Å²) in [6.45, 7) is 5.14. The SMILES string of the molecule is C[C@@H]1CN(C(=O)Nc2ccc(Oc3ccncc3)cc2)C[C@@H](C)O1. The monoisotopic (exact) mass is 327 g/mol. The Morgan fingerprint density at radius 3 is 2.29 bits per heavy atom. The quantitative estimate of drug-likeness (QED) is 0.937. The highest BCUT2D eigenvalue weighted by Crippen LogP contribution is 2.22. The first-order valence-electron chi connectivity index (χ1n) is 7.99. The van der Waals surface area contributed by atoms with Crippen molar-refractivity contribution in [2.24, 2.45) is 0 Å². The number of rotatable bonds is 3. The zero-order valence-electron chi connectivity index (χ0n) is 13.8. The van der Waals surface area contributed by atoms with Crippen molar-refractivity contribution in [3.05, 3.63) is 48.8 Å². The molecule has 0 radical (unpaired) electrons. The number of benzene rings is 1. The molecular formula is C18H21N3O3. The molecule has 1 fully saturated rings. The van der Waals surface area contributed by atoms with Gasteiger partial charge in [0.1, 0.15) is 11.5 Å². The second kappa shape index (κ2) is 7.31. The van der Waals surface area contributed by atoms with Gasteiger partial charge in [0.15, 0.2) is 0 Å². The van der Waals surface area contributed by atoms with Gasteiger partial charge in [0.25, 0.3) is 0 Å². The Morgan fingerprint density at radius 2 is 1.67 bits per heavy atom. The number of urea groups is 1. The largest absolute Gasteiger partial charge is 0.457 e. The summed E-state index contributed by atoms with van der Waals surface area (Å²) in [5.74, 6) is 1.42. The molecule has 1 N–H and O–H groups in total. The van der Waals surface area contributed by atoms with Crippen LogP contribution in [0.2, 0.25) is 0 Å². The van der Waals surface area contributed by atoms with Crippen LogP contribution in [0, 0.1) is 0 Å². The van der Waals surface area contributed by atoms with Crippen molar-refractivity contribution in [2.75, 3.05) is 18.4 Å². The van der Waals surface area contributed by atoms with E-state index in [1.54, 1.807) is 29.4 Å². The molecule has 1 aliphatic heterocycles. The number of pyridine rings is 1. The number of ether oxygens (including phenoxy) is 2. The highest BCUT2D eigenvalue weighted by atomic mass is 16.5. The first-order valence-corrected chi connectivity index (χ1v) is 7.99. The Morgan fingerprint density at radius 1 is 1.08 bits per heavy atom. The number of nitrogens with one attached hydrogen (secondary N) is 1. The van der Waals surface area contributed by atoms with Gasteiger partial charge in [0.2, 0.25) is 0 Å². The van der Waals surface area contributed by atoms with Crippen LogP contribution in [-0.4, -0.2) is 41.2 Å². The first-order chi connectivity index (χ1) is 11.6. The Balaban J connectivity index is 1.58. The third-order valence-corrected chi connectivity index (χ3v) is 3.70. The van der Waals surface area contributed by atoms with E-state index in [1.165, 1.54) is 0 Å². The number of aromatic nitrogens is 1. The highest BCUT2D eigenvalue weighted by Gasteiger charge is 2.25. The molecule has 6 heteroatoms. The number of morpholine rings is 1. The minimum Gasteiger partial charge on any atom is -0.457 e. The van der Waals surface area contributed by atoms with Crippen LogP contribution in [0.3, 0.4) is 0 Å². The second-order valence-corrected chi connectivity index (χ2v) is 5.90. The van der Waals surface area contributed by atoms with Gasteiger partial charge in [-0.3, -0.25) is 4.98 Å². The number of hydrogen-bond donors (Lipinski definition) is 1. The van der Waals surface area contributed by atoms with Crippen LogP contribution in [0.1, 0.15) is 13.8 Å². The highest BCUT2D eigenvalue weighted by molar-refractivity contribution is 5.89. The summed E-state index contributed by atoms with van der Waals surface area (Å²) in [6, 6.07) is 10.7. The Bertz CT molecular complexity index is 666. The average Bonchev–Trinajstić information content (AvgIpc) is 2.57. The van der Waals surface area contributed by atoms with E-state index >= 15 is 0 Å². The predicted molar refractivity (Wildman–Crippen MR) is 91.4 cm³/mol. The minimum absolute atomic E-state index is 0.0515. The van der Waals surface area contributed by atoms with Crippen LogP contribution in [-0.2, 0) is 4.74 Å². The lowest BCUT2D eigenvalue weighted by molar-refractivity contribution is -0.0530. The molecule has 3 rings (SSSR count). The maximum atomic E-state index is 12.4. The van der Waals surface area contributed by atoms with Gasteiger partial charge >= 0.3 is 6.03 Å². The van der Waals surface area contributed by atoms with E-state index in [9.17, 15) is 4.79 Å². The molecular weight excluding hydrogens is 306 g/mol. The lowest BCUT2D eigenvalue weighted by atomic mass is 10.2. The van der Waals surface area contributed by atoms with E-state index in [1.807, 2.05) is 38.1 Å². The van der Waals surface area contributed by atoms with Crippen molar-refractivity contribution in [1.82, 2.24) is 9.88 Å². The average molecular weight is 327 g/mol. The third-order valence-electron chi connectivity index (χ3n) is 3.70. The smallest absolute Gasteiger partial charge is 0.322 e. The summed E-state index contributed by atoms with van der Waals surface area (Å²) in [7, 11) is 0. The van der Waals surface area contributed by atoms with Crippen molar-refractivity contribution in [3.8, 4) is 11.5 Å². The predicted octanol–water partition coefficient (Wildman–Crippen LogP) is 3.52. The van der Waals surface area contributed by atoms with Crippen molar-refractivity contribution >= 4 is 11.7 Å². The molecule has 24 heavy (non-hydrogen) atoms. The molecule has 1 saturated heterocycles. The number of anilines is 1. The van der Waals surface area contributed by atoms with Crippen molar-refractivity contribution in [1.29, 1.82) is 0 Å². The Hall–Kier alpha value is -2.60. The standard InChI is InChI=1S/C18H21N3O3/c1-13-11-21(12-14(2)23-13)18(22)20-15-3-5-16(6-4-15)24-17-7-9-19-10-8-17/h3-10,13-14H,11-12H2,1-2H3,(H,20,22)/t13-,14-/m1/s1. The molecule has 1 aliphatic rings. The number of carbonyl (C=O) groups is 1. The lowest BCUT2D eigenvalue weighted by Gasteiger charge is -2.35. The van der Waals surface area contributed by atoms with Gasteiger partial charge in [-0.25, -0.2) is 4.79 Å². The fourth-order valence-electron chi connectivity index (χ4n) is 2.69. The van der Waals surface area contributed by atoms with E-state index < -0.39 is 0 Å². The summed E-state index contributed by atoms with van der Waals surface area (Å²) >= 11 is 0. The van der Waals surface area contributed by atoms with Gasteiger partial charge in [-0.1, -0.05) is 0 Å². The van der Waals surface area contributed by atoms with Gasteiger partial charge in [0, 0.05) is 31.2 Å². The molecule has 0 saturated carbocycles. The maximum Gasteiger partial charge on any atom is 0.322 e. The number of carbonyl (C=O) groups excluding carboxylic acids is 1. The van der Waals surface area contributed by atoms with E-state index in [0.29, 0.717) is 18.8 Å². The summed E-state index contributed by atoms with van der Waals surface area (Å²) in [5.41, 5.74) is 0.730. The molecule has 0 aliphatic carbocycles. The molecule has 0 spiro atoms. The van der Waals surface area contributed by atoms with Gasteiger partial charge < -0.3 is 19.7 Å². The van der Waals surface area contributed by atoms with Crippen LogP contribution >= 0.6 is 0 Å². The molecule has 2 heterocycles. The van der Waals surface area contributed by atoms with E-state index in [4.69, 9.17) is 9.47 Å². The molecule has 1 aromatic heterocycles. The Kier molecular flexibility index (Phi) is 4.96. The summed E-state index contributed by atoms with van der Waals surface area (Å²) in [4.78, 5) is 18.1. The lowest BCUT2D eigenvalue weighted by Crippen LogP contribution is -2.49. The van der Waals surface area contributed by atoms with Crippen LogP contribution < -0.4 is 10.1 Å². The first kappa shape index (κ1) is 16.3. The van der Waals surface area contributed by atoms with Crippen LogP contribution in [0.25, 0.3) is 0 Å². The van der Waals surface area contributed by atoms with Crippen molar-refractivity contribution in [3.63, 3.8) is 0 Å². The van der Waals surface area contributed by atoms with Gasteiger partial charge in [-0.15, -0.1) is 0 Å². The molecule has 0 unspecified atom stereocenters. The van der Waals surface area contributed by atoms with Crippen molar-refractivity contribution < 1.29 is 14.3 Å².